The van der Waals surface area contributed by atoms with Crippen molar-refractivity contribution >= 4 is 12.1 Å². The summed E-state index contributed by atoms with van der Waals surface area (Å²) in [6.45, 7) is 6.75. The molecule has 12 nitrogen and oxygen atoms in total. The highest BCUT2D eigenvalue weighted by Gasteiger charge is 2.24. The van der Waals surface area contributed by atoms with Gasteiger partial charge in [-0.2, -0.15) is 0 Å². The number of benzene rings is 3. The van der Waals surface area contributed by atoms with E-state index in [9.17, 15) is 24.9 Å². The Morgan fingerprint density at radius 3 is 2.17 bits per heavy atom. The number of aromatic nitrogens is 3. The van der Waals surface area contributed by atoms with E-state index in [2.05, 4.69) is 15.1 Å². The number of piperazine rings is 1. The molecule has 1 fully saturated rings. The molecular formula is C30H31N5O7. The van der Waals surface area contributed by atoms with E-state index in [0.29, 0.717) is 49.5 Å². The number of carboxylic acid groups (broad SMARTS) is 1. The molecule has 4 N–H and O–H groups in total. The van der Waals surface area contributed by atoms with Crippen LogP contribution in [-0.4, -0.2) is 83.2 Å². The van der Waals surface area contributed by atoms with Crippen LogP contribution in [0.2, 0.25) is 0 Å². The van der Waals surface area contributed by atoms with Gasteiger partial charge in [0.05, 0.1) is 16.8 Å². The van der Waals surface area contributed by atoms with Gasteiger partial charge in [0.2, 0.25) is 0 Å². The zero-order valence-corrected chi connectivity index (χ0v) is 23.1. The number of carbonyl (C=O) groups is 2. The third-order valence-electron chi connectivity index (χ3n) is 7.19. The molecule has 1 aromatic heterocycles. The minimum Gasteiger partial charge on any atom is -0.508 e. The molecule has 3 aromatic carbocycles. The van der Waals surface area contributed by atoms with Crippen molar-refractivity contribution in [2.24, 2.45) is 0 Å². The number of hydrogen-bond acceptors (Lipinski definition) is 9. The van der Waals surface area contributed by atoms with E-state index < -0.39 is 12.1 Å². The second-order valence-corrected chi connectivity index (χ2v) is 10.4. The molecule has 0 radical (unpaired) electrons. The molecule has 2 heterocycles. The van der Waals surface area contributed by atoms with Gasteiger partial charge >= 0.3 is 18.1 Å². The predicted molar refractivity (Wildman–Crippen MR) is 152 cm³/mol. The Morgan fingerprint density at radius 1 is 0.881 bits per heavy atom. The van der Waals surface area contributed by atoms with Gasteiger partial charge in [-0.3, -0.25) is 4.90 Å². The fourth-order valence-corrected chi connectivity index (χ4v) is 4.85. The van der Waals surface area contributed by atoms with E-state index in [-0.39, 0.29) is 40.6 Å². The Labute approximate surface area is 241 Å². The lowest BCUT2D eigenvalue weighted by atomic mass is 9.98. The van der Waals surface area contributed by atoms with Crippen molar-refractivity contribution in [3.63, 3.8) is 0 Å². The van der Waals surface area contributed by atoms with Crippen molar-refractivity contribution in [3.8, 4) is 40.3 Å². The van der Waals surface area contributed by atoms with Gasteiger partial charge in [-0.05, 0) is 59.5 Å². The Hall–Kier alpha value is -5.10. The maximum absolute atomic E-state index is 12.6. The number of phenolic OH excluding ortho intramolecular Hbond substituents is 2. The van der Waals surface area contributed by atoms with Crippen molar-refractivity contribution in [2.45, 2.75) is 26.3 Å². The largest absolute Gasteiger partial charge is 0.508 e. The number of carbonyl (C=O) groups excluding carboxylic acids is 1. The number of carboxylic acids is 1. The zero-order chi connectivity index (χ0) is 30.0. The lowest BCUT2D eigenvalue weighted by molar-refractivity contribution is 0.0697. The molecule has 0 unspecified atom stereocenters. The van der Waals surface area contributed by atoms with Crippen molar-refractivity contribution in [1.82, 2.24) is 24.6 Å². The van der Waals surface area contributed by atoms with Crippen molar-refractivity contribution < 1.29 is 34.8 Å². The summed E-state index contributed by atoms with van der Waals surface area (Å²) in [7, 11) is 0. The van der Waals surface area contributed by atoms with Gasteiger partial charge < -0.3 is 30.1 Å². The molecule has 4 aromatic rings. The summed E-state index contributed by atoms with van der Waals surface area (Å²) in [5.41, 5.74) is 2.71. The van der Waals surface area contributed by atoms with Crippen LogP contribution in [0.3, 0.4) is 0 Å². The summed E-state index contributed by atoms with van der Waals surface area (Å²) in [4.78, 5) is 27.4. The number of amides is 1. The zero-order valence-electron chi connectivity index (χ0n) is 23.1. The summed E-state index contributed by atoms with van der Waals surface area (Å²) in [5, 5.41) is 48.1. The Bertz CT molecular complexity index is 1590. The first-order valence-corrected chi connectivity index (χ1v) is 13.4. The molecule has 1 aliphatic rings. The van der Waals surface area contributed by atoms with Crippen molar-refractivity contribution in [3.05, 3.63) is 77.4 Å². The number of rotatable bonds is 7. The highest BCUT2D eigenvalue weighted by Crippen LogP contribution is 2.38. The van der Waals surface area contributed by atoms with Gasteiger partial charge in [-0.15, -0.1) is 5.10 Å². The molecule has 1 amide bonds. The SMILES string of the molecule is CC(C)c1cc(-c2nnc(O)n2-c2ccc(CN3CCN(C(=O)Oc4ccc(C(=O)O)cc4)CC3)cc2)c(O)cc1O. The molecule has 5 rings (SSSR count). The average molecular weight is 574 g/mol. The van der Waals surface area contributed by atoms with Crippen LogP contribution in [0.4, 0.5) is 4.79 Å². The molecule has 0 atom stereocenters. The molecule has 0 bridgehead atoms. The average Bonchev–Trinajstić information content (AvgIpc) is 3.34. The predicted octanol–water partition coefficient (Wildman–Crippen LogP) is 4.19. The van der Waals surface area contributed by atoms with E-state index in [4.69, 9.17) is 9.84 Å². The van der Waals surface area contributed by atoms with Crippen LogP contribution < -0.4 is 4.74 Å². The minimum absolute atomic E-state index is 0.000969. The summed E-state index contributed by atoms with van der Waals surface area (Å²) >= 11 is 0. The van der Waals surface area contributed by atoms with Gasteiger partial charge in [0.1, 0.15) is 17.2 Å². The third-order valence-corrected chi connectivity index (χ3v) is 7.19. The fourth-order valence-electron chi connectivity index (χ4n) is 4.85. The van der Waals surface area contributed by atoms with Gasteiger partial charge in [-0.25, -0.2) is 14.2 Å². The number of aromatic hydroxyl groups is 3. The molecule has 0 spiro atoms. The van der Waals surface area contributed by atoms with E-state index in [0.717, 1.165) is 5.56 Å². The Morgan fingerprint density at radius 2 is 1.55 bits per heavy atom. The van der Waals surface area contributed by atoms with Crippen LogP contribution in [0.25, 0.3) is 17.1 Å². The Balaban J connectivity index is 1.22. The van der Waals surface area contributed by atoms with Crippen LogP contribution in [0.1, 0.15) is 41.3 Å². The lowest BCUT2D eigenvalue weighted by Crippen LogP contribution is -2.49. The number of hydrogen-bond donors (Lipinski definition) is 4. The van der Waals surface area contributed by atoms with Gasteiger partial charge in [0, 0.05) is 38.8 Å². The summed E-state index contributed by atoms with van der Waals surface area (Å²) in [6, 6.07) is 15.8. The molecule has 42 heavy (non-hydrogen) atoms. The lowest BCUT2D eigenvalue weighted by Gasteiger charge is -2.34. The summed E-state index contributed by atoms with van der Waals surface area (Å²) in [5.74, 6) is -0.720. The molecule has 218 valence electrons. The van der Waals surface area contributed by atoms with Crippen LogP contribution >= 0.6 is 0 Å². The fraction of sp³-hybridized carbons (Fsp3) is 0.267. The second-order valence-electron chi connectivity index (χ2n) is 10.4. The minimum atomic E-state index is -1.05. The number of aromatic carboxylic acids is 1. The smallest absolute Gasteiger partial charge is 0.415 e. The van der Waals surface area contributed by atoms with E-state index >= 15 is 0 Å². The monoisotopic (exact) mass is 573 g/mol. The van der Waals surface area contributed by atoms with Crippen LogP contribution in [0.5, 0.6) is 23.3 Å². The molecule has 1 aliphatic heterocycles. The van der Waals surface area contributed by atoms with Crippen LogP contribution in [-0.2, 0) is 6.54 Å². The first kappa shape index (κ1) is 28.4. The van der Waals surface area contributed by atoms with Crippen molar-refractivity contribution in [2.75, 3.05) is 26.2 Å². The van der Waals surface area contributed by atoms with Gasteiger partial charge in [-0.1, -0.05) is 31.1 Å². The molecular weight excluding hydrogens is 542 g/mol. The molecule has 0 saturated carbocycles. The standard InChI is InChI=1S/C30H31N5O7/c1-18(2)23-15-24(26(37)16-25(23)36)27-31-32-29(40)35(27)21-7-3-19(4-8-21)17-33-11-13-34(14-12-33)30(41)42-22-9-5-20(6-10-22)28(38)39/h3-10,15-16,18,36-37H,11-14,17H2,1-2H3,(H,32,40)(H,38,39). The quantitative estimate of drug-likeness (QED) is 0.252. The number of ether oxygens (including phenoxy) is 1. The maximum Gasteiger partial charge on any atom is 0.415 e. The molecule has 12 heteroatoms. The number of phenols is 2. The molecule has 0 aliphatic carbocycles. The topological polar surface area (TPSA) is 161 Å². The summed E-state index contributed by atoms with van der Waals surface area (Å²) in [6.07, 6.45) is -0.480. The van der Waals surface area contributed by atoms with Crippen LogP contribution in [0, 0.1) is 0 Å². The van der Waals surface area contributed by atoms with Crippen molar-refractivity contribution in [1.29, 1.82) is 0 Å². The Kier molecular flexibility index (Phi) is 7.98. The first-order chi connectivity index (χ1) is 20.1. The third kappa shape index (κ3) is 5.98. The van der Waals surface area contributed by atoms with E-state index in [1.165, 1.54) is 34.9 Å². The normalized spacial score (nSPS) is 13.8. The first-order valence-electron chi connectivity index (χ1n) is 13.4. The molecule has 1 saturated heterocycles. The van der Waals surface area contributed by atoms with Gasteiger partial charge in [0.25, 0.3) is 0 Å². The second kappa shape index (κ2) is 11.8. The van der Waals surface area contributed by atoms with E-state index in [1.54, 1.807) is 11.0 Å². The maximum atomic E-state index is 12.6. The van der Waals surface area contributed by atoms with Crippen LogP contribution in [0.15, 0.2) is 60.7 Å². The summed E-state index contributed by atoms with van der Waals surface area (Å²) < 4.78 is 6.82. The van der Waals surface area contributed by atoms with E-state index in [1.807, 2.05) is 38.1 Å². The highest BCUT2D eigenvalue weighted by molar-refractivity contribution is 5.87. The van der Waals surface area contributed by atoms with Gasteiger partial charge in [0.15, 0.2) is 5.82 Å². The highest BCUT2D eigenvalue weighted by atomic mass is 16.6. The number of nitrogens with zero attached hydrogens (tertiary/aromatic N) is 5.